The summed E-state index contributed by atoms with van der Waals surface area (Å²) in [6, 6.07) is 10.4. The highest BCUT2D eigenvalue weighted by Gasteiger charge is 2.34. The molecule has 0 saturated carbocycles. The standard InChI is InChI=1S/C18H17Cl2FN2O3S/c19-13-4-3-5-14(20)17(13)27(25,26)23-10-8-12(9-11-23)18(24)22-16-7-2-1-6-15(16)21/h1-7,12H,8-11H2,(H,22,24). The Kier molecular flexibility index (Phi) is 6.05. The van der Waals surface area contributed by atoms with Crippen molar-refractivity contribution >= 4 is 44.8 Å². The van der Waals surface area contributed by atoms with Gasteiger partial charge in [-0.25, -0.2) is 12.8 Å². The average molecular weight is 431 g/mol. The lowest BCUT2D eigenvalue weighted by molar-refractivity contribution is -0.120. The smallest absolute Gasteiger partial charge is 0.246 e. The quantitative estimate of drug-likeness (QED) is 0.790. The molecule has 0 radical (unpaired) electrons. The summed E-state index contributed by atoms with van der Waals surface area (Å²) < 4.78 is 40.6. The number of anilines is 1. The lowest BCUT2D eigenvalue weighted by Gasteiger charge is -2.31. The van der Waals surface area contributed by atoms with Crippen LogP contribution in [-0.4, -0.2) is 31.7 Å². The van der Waals surface area contributed by atoms with Gasteiger partial charge >= 0.3 is 0 Å². The molecule has 0 unspecified atom stereocenters. The topological polar surface area (TPSA) is 66.5 Å². The summed E-state index contributed by atoms with van der Waals surface area (Å²) >= 11 is 12.1. The Hall–Kier alpha value is -1.67. The van der Waals surface area contributed by atoms with Crippen LogP contribution < -0.4 is 5.32 Å². The van der Waals surface area contributed by atoms with Gasteiger partial charge in [-0.1, -0.05) is 41.4 Å². The zero-order valence-electron chi connectivity index (χ0n) is 14.2. The van der Waals surface area contributed by atoms with E-state index in [0.29, 0.717) is 12.8 Å². The number of para-hydroxylation sites is 1. The highest BCUT2D eigenvalue weighted by Crippen LogP contribution is 2.33. The Morgan fingerprint density at radius 2 is 1.63 bits per heavy atom. The number of nitrogens with one attached hydrogen (secondary N) is 1. The molecular formula is C18H17Cl2FN2O3S. The molecule has 5 nitrogen and oxygen atoms in total. The molecule has 1 saturated heterocycles. The van der Waals surface area contributed by atoms with Crippen LogP contribution in [-0.2, 0) is 14.8 Å². The number of carbonyl (C=O) groups is 1. The molecule has 1 amide bonds. The van der Waals surface area contributed by atoms with Crippen molar-refractivity contribution in [2.24, 2.45) is 5.92 Å². The Labute approximate surface area is 167 Å². The Bertz CT molecular complexity index is 941. The third-order valence-corrected chi connectivity index (χ3v) is 7.33. The maximum atomic E-state index is 13.7. The van der Waals surface area contributed by atoms with E-state index in [2.05, 4.69) is 5.32 Å². The van der Waals surface area contributed by atoms with Gasteiger partial charge in [-0.05, 0) is 37.1 Å². The van der Waals surface area contributed by atoms with Gasteiger partial charge in [-0.3, -0.25) is 4.79 Å². The molecule has 0 aromatic heterocycles. The summed E-state index contributed by atoms with van der Waals surface area (Å²) in [5.41, 5.74) is 0.111. The molecule has 2 aromatic carbocycles. The maximum absolute atomic E-state index is 13.7. The number of nitrogens with zero attached hydrogens (tertiary/aromatic N) is 1. The third-order valence-electron chi connectivity index (χ3n) is 4.47. The van der Waals surface area contributed by atoms with Gasteiger partial charge in [0.15, 0.2) is 0 Å². The molecule has 0 spiro atoms. The molecule has 3 rings (SSSR count). The van der Waals surface area contributed by atoms with Crippen molar-refractivity contribution in [2.45, 2.75) is 17.7 Å². The number of rotatable bonds is 4. The van der Waals surface area contributed by atoms with Crippen LogP contribution >= 0.6 is 23.2 Å². The van der Waals surface area contributed by atoms with E-state index < -0.39 is 21.8 Å². The molecule has 0 aliphatic carbocycles. The van der Waals surface area contributed by atoms with Crippen LogP contribution in [0.2, 0.25) is 10.0 Å². The summed E-state index contributed by atoms with van der Waals surface area (Å²) in [6.45, 7) is 0.304. The molecule has 27 heavy (non-hydrogen) atoms. The highest BCUT2D eigenvalue weighted by molar-refractivity contribution is 7.89. The number of halogens is 3. The number of amides is 1. The zero-order chi connectivity index (χ0) is 19.6. The van der Waals surface area contributed by atoms with Gasteiger partial charge in [0.25, 0.3) is 0 Å². The monoisotopic (exact) mass is 430 g/mol. The van der Waals surface area contributed by atoms with Gasteiger partial charge in [-0.2, -0.15) is 4.31 Å². The second kappa shape index (κ2) is 8.14. The van der Waals surface area contributed by atoms with Crippen molar-refractivity contribution in [3.63, 3.8) is 0 Å². The van der Waals surface area contributed by atoms with Crippen LogP contribution in [0, 0.1) is 11.7 Å². The minimum atomic E-state index is -3.86. The average Bonchev–Trinajstić information content (AvgIpc) is 2.63. The number of hydrogen-bond donors (Lipinski definition) is 1. The lowest BCUT2D eigenvalue weighted by Crippen LogP contribution is -2.41. The van der Waals surface area contributed by atoms with Crippen molar-refractivity contribution in [1.29, 1.82) is 0 Å². The Morgan fingerprint density at radius 3 is 2.22 bits per heavy atom. The molecule has 2 aromatic rings. The molecule has 0 atom stereocenters. The van der Waals surface area contributed by atoms with Crippen LogP contribution in [0.15, 0.2) is 47.4 Å². The minimum absolute atomic E-state index is 0.0573. The van der Waals surface area contributed by atoms with Crippen LogP contribution in [0.3, 0.4) is 0 Å². The van der Waals surface area contributed by atoms with Crippen molar-refractivity contribution in [1.82, 2.24) is 4.31 Å². The second-order valence-electron chi connectivity index (χ2n) is 6.20. The first-order valence-corrected chi connectivity index (χ1v) is 10.5. The van der Waals surface area contributed by atoms with E-state index in [4.69, 9.17) is 23.2 Å². The van der Waals surface area contributed by atoms with Gasteiger partial charge < -0.3 is 5.32 Å². The molecule has 0 bridgehead atoms. The van der Waals surface area contributed by atoms with Crippen LogP contribution in [0.25, 0.3) is 0 Å². The minimum Gasteiger partial charge on any atom is -0.323 e. The predicted octanol–water partition coefficient (Wildman–Crippen LogP) is 4.17. The maximum Gasteiger partial charge on any atom is 0.246 e. The largest absolute Gasteiger partial charge is 0.323 e. The van der Waals surface area contributed by atoms with E-state index in [1.54, 1.807) is 12.1 Å². The lowest BCUT2D eigenvalue weighted by atomic mass is 9.97. The molecular weight excluding hydrogens is 414 g/mol. The van der Waals surface area contributed by atoms with Gasteiger partial charge in [0.1, 0.15) is 10.7 Å². The molecule has 1 fully saturated rings. The summed E-state index contributed by atoms with van der Waals surface area (Å²) in [7, 11) is -3.86. The van der Waals surface area contributed by atoms with Crippen LogP contribution in [0.5, 0.6) is 0 Å². The van der Waals surface area contributed by atoms with Crippen molar-refractivity contribution in [3.05, 3.63) is 58.3 Å². The highest BCUT2D eigenvalue weighted by atomic mass is 35.5. The second-order valence-corrected chi connectivity index (χ2v) is 8.89. The number of benzene rings is 2. The third kappa shape index (κ3) is 4.27. The van der Waals surface area contributed by atoms with Gasteiger partial charge in [-0.15, -0.1) is 0 Å². The molecule has 1 aliphatic heterocycles. The molecule has 1 N–H and O–H groups in total. The zero-order valence-corrected chi connectivity index (χ0v) is 16.5. The number of carbonyl (C=O) groups excluding carboxylic acids is 1. The first-order chi connectivity index (χ1) is 12.8. The SMILES string of the molecule is O=C(Nc1ccccc1F)C1CCN(S(=O)(=O)c2c(Cl)cccc2Cl)CC1. The summed E-state index contributed by atoms with van der Waals surface area (Å²) in [5.74, 6) is -1.25. The fourth-order valence-corrected chi connectivity index (χ4v) is 5.57. The van der Waals surface area contributed by atoms with Gasteiger partial charge in [0, 0.05) is 19.0 Å². The van der Waals surface area contributed by atoms with Crippen molar-refractivity contribution < 1.29 is 17.6 Å². The van der Waals surface area contributed by atoms with E-state index >= 15 is 0 Å². The van der Waals surface area contributed by atoms with Crippen LogP contribution in [0.4, 0.5) is 10.1 Å². The first-order valence-electron chi connectivity index (χ1n) is 8.30. The van der Waals surface area contributed by atoms with E-state index in [1.807, 2.05) is 0 Å². The summed E-state index contributed by atoms with van der Waals surface area (Å²) in [4.78, 5) is 12.2. The van der Waals surface area contributed by atoms with Crippen molar-refractivity contribution in [2.75, 3.05) is 18.4 Å². The molecule has 9 heteroatoms. The van der Waals surface area contributed by atoms with E-state index in [0.717, 1.165) is 0 Å². The normalized spacial score (nSPS) is 16.3. The Morgan fingerprint density at radius 1 is 1.04 bits per heavy atom. The number of hydrogen-bond acceptors (Lipinski definition) is 3. The number of sulfonamides is 1. The summed E-state index contributed by atoms with van der Waals surface area (Å²) in [5, 5.41) is 2.67. The van der Waals surface area contributed by atoms with E-state index in [-0.39, 0.29) is 39.6 Å². The Balaban J connectivity index is 1.68. The summed E-state index contributed by atoms with van der Waals surface area (Å²) in [6.07, 6.45) is 0.642. The molecule has 144 valence electrons. The first kappa shape index (κ1) is 20.1. The molecule has 1 heterocycles. The van der Waals surface area contributed by atoms with Crippen molar-refractivity contribution in [3.8, 4) is 0 Å². The predicted molar refractivity (Wildman–Crippen MR) is 103 cm³/mol. The van der Waals surface area contributed by atoms with E-state index in [1.165, 1.54) is 34.6 Å². The fourth-order valence-electron chi connectivity index (χ4n) is 3.01. The van der Waals surface area contributed by atoms with E-state index in [9.17, 15) is 17.6 Å². The van der Waals surface area contributed by atoms with Gasteiger partial charge in [0.05, 0.1) is 15.7 Å². The fraction of sp³-hybridized carbons (Fsp3) is 0.278. The molecule has 1 aliphatic rings. The van der Waals surface area contributed by atoms with Crippen LogP contribution in [0.1, 0.15) is 12.8 Å². The van der Waals surface area contributed by atoms with Gasteiger partial charge in [0.2, 0.25) is 15.9 Å². The number of piperidine rings is 1.